The van der Waals surface area contributed by atoms with Gasteiger partial charge in [0, 0.05) is 16.5 Å². The highest BCUT2D eigenvalue weighted by molar-refractivity contribution is 6.23. The topological polar surface area (TPSA) is 12.9 Å². The number of rotatable bonds is 2. The van der Waals surface area contributed by atoms with Crippen LogP contribution in [0.2, 0.25) is 0 Å². The zero-order chi connectivity index (χ0) is 26.1. The van der Waals surface area contributed by atoms with E-state index in [0.717, 1.165) is 11.4 Å². The normalized spacial score (nSPS) is 13.6. The molecule has 1 aliphatic rings. The maximum Gasteiger partial charge on any atom is 0.0753 e. The first-order valence-electron chi connectivity index (χ1n) is 13.7. The molecule has 0 aliphatic heterocycles. The van der Waals surface area contributed by atoms with E-state index in [1.807, 2.05) is 0 Å². The van der Waals surface area contributed by atoms with Crippen molar-refractivity contribution in [2.24, 2.45) is 0 Å². The summed E-state index contributed by atoms with van der Waals surface area (Å²) < 4.78 is 0. The van der Waals surface area contributed by atoms with Gasteiger partial charge in [-0.15, -0.1) is 0 Å². The number of nitrogens with zero attached hydrogens (tertiary/aromatic N) is 1. The number of pyridine rings is 1. The summed E-state index contributed by atoms with van der Waals surface area (Å²) in [6.07, 6.45) is 0. The van der Waals surface area contributed by atoms with Crippen LogP contribution in [0.25, 0.3) is 66.0 Å². The van der Waals surface area contributed by atoms with E-state index < -0.39 is 0 Å². The molecule has 6 aromatic carbocycles. The second-order valence-corrected chi connectivity index (χ2v) is 11.2. The Kier molecular flexibility index (Phi) is 4.63. The summed E-state index contributed by atoms with van der Waals surface area (Å²) in [4.78, 5) is 5.36. The van der Waals surface area contributed by atoms with Crippen molar-refractivity contribution in [1.82, 2.24) is 4.98 Å². The minimum Gasteiger partial charge on any atom is -0.247 e. The quantitative estimate of drug-likeness (QED) is 0.217. The van der Waals surface area contributed by atoms with Crippen molar-refractivity contribution < 1.29 is 0 Å². The lowest BCUT2D eigenvalue weighted by atomic mass is 9.82. The lowest BCUT2D eigenvalue weighted by Gasteiger charge is -2.21. The maximum absolute atomic E-state index is 5.36. The fourth-order valence-corrected chi connectivity index (χ4v) is 6.72. The highest BCUT2D eigenvalue weighted by Gasteiger charge is 2.36. The Morgan fingerprint density at radius 1 is 0.436 bits per heavy atom. The van der Waals surface area contributed by atoms with Crippen LogP contribution in [0, 0.1) is 0 Å². The summed E-state index contributed by atoms with van der Waals surface area (Å²) in [7, 11) is 0. The van der Waals surface area contributed by atoms with Gasteiger partial charge in [-0.25, -0.2) is 4.98 Å². The van der Waals surface area contributed by atoms with Gasteiger partial charge < -0.3 is 0 Å². The number of benzene rings is 6. The summed E-state index contributed by atoms with van der Waals surface area (Å²) in [6, 6.07) is 46.3. The highest BCUT2D eigenvalue weighted by Crippen LogP contribution is 2.49. The van der Waals surface area contributed by atoms with Crippen LogP contribution in [0.1, 0.15) is 25.0 Å². The fourth-order valence-electron chi connectivity index (χ4n) is 6.72. The van der Waals surface area contributed by atoms with Gasteiger partial charge in [0.1, 0.15) is 0 Å². The summed E-state index contributed by atoms with van der Waals surface area (Å²) in [5.74, 6) is 0. The number of fused-ring (bicyclic) bond motifs is 8. The van der Waals surface area contributed by atoms with Crippen molar-refractivity contribution in [2.45, 2.75) is 19.3 Å². The lowest BCUT2D eigenvalue weighted by molar-refractivity contribution is 0.659. The Hall–Kier alpha value is -4.75. The Labute approximate surface area is 228 Å². The summed E-state index contributed by atoms with van der Waals surface area (Å²) in [6.45, 7) is 4.61. The minimum atomic E-state index is -0.0487. The monoisotopic (exact) mass is 497 g/mol. The van der Waals surface area contributed by atoms with Crippen molar-refractivity contribution >= 4 is 32.3 Å². The summed E-state index contributed by atoms with van der Waals surface area (Å²) >= 11 is 0. The molecule has 1 heterocycles. The average molecular weight is 498 g/mol. The van der Waals surface area contributed by atoms with Gasteiger partial charge in [-0.3, -0.25) is 0 Å². The summed E-state index contributed by atoms with van der Waals surface area (Å²) in [5, 5.41) is 7.58. The molecule has 7 aromatic rings. The molecule has 0 spiro atoms. The first kappa shape index (κ1) is 22.3. The smallest absolute Gasteiger partial charge is 0.0753 e. The van der Waals surface area contributed by atoms with Crippen LogP contribution in [0.15, 0.2) is 127 Å². The number of hydrogen-bond acceptors (Lipinski definition) is 1. The molecule has 0 saturated heterocycles. The van der Waals surface area contributed by atoms with Crippen molar-refractivity contribution in [3.63, 3.8) is 0 Å². The maximum atomic E-state index is 5.36. The molecule has 184 valence electrons. The molecule has 0 fully saturated rings. The predicted octanol–water partition coefficient (Wildman–Crippen LogP) is 10.2. The Balaban J connectivity index is 1.45. The Bertz CT molecular complexity index is 2080. The molecular formula is C38H27N. The van der Waals surface area contributed by atoms with Gasteiger partial charge in [0.15, 0.2) is 0 Å². The molecule has 0 atom stereocenters. The third-order valence-corrected chi connectivity index (χ3v) is 8.67. The largest absolute Gasteiger partial charge is 0.247 e. The van der Waals surface area contributed by atoms with E-state index in [2.05, 4.69) is 141 Å². The van der Waals surface area contributed by atoms with Crippen molar-refractivity contribution in [1.29, 1.82) is 0 Å². The molecule has 0 amide bonds. The van der Waals surface area contributed by atoms with E-state index in [1.54, 1.807) is 0 Å². The van der Waals surface area contributed by atoms with Gasteiger partial charge in [-0.05, 0) is 72.8 Å². The van der Waals surface area contributed by atoms with E-state index in [0.29, 0.717) is 0 Å². The first-order chi connectivity index (χ1) is 19.1. The van der Waals surface area contributed by atoms with Crippen LogP contribution >= 0.6 is 0 Å². The standard InChI is InChI=1S/C38H27N/c1-38(2)34-19-11-10-18-29(34)37-35(38)20-21-36(39-37)33-23-32-26-15-7-6-14-25(26)30(24-12-4-3-5-13-24)22-31(32)27-16-8-9-17-28(27)33/h3-23H,1-2H3. The molecule has 8 rings (SSSR count). The zero-order valence-corrected chi connectivity index (χ0v) is 22.1. The van der Waals surface area contributed by atoms with E-state index >= 15 is 0 Å². The first-order valence-corrected chi connectivity index (χ1v) is 13.7. The molecule has 0 unspecified atom stereocenters. The van der Waals surface area contributed by atoms with Crippen LogP contribution in [0.5, 0.6) is 0 Å². The molecule has 1 heteroatoms. The van der Waals surface area contributed by atoms with E-state index in [4.69, 9.17) is 4.98 Å². The molecule has 0 saturated carbocycles. The van der Waals surface area contributed by atoms with E-state index in [1.165, 1.54) is 65.7 Å². The Morgan fingerprint density at radius 3 is 1.72 bits per heavy atom. The van der Waals surface area contributed by atoms with Gasteiger partial charge in [0.25, 0.3) is 0 Å². The van der Waals surface area contributed by atoms with Gasteiger partial charge in [0.2, 0.25) is 0 Å². The molecule has 0 radical (unpaired) electrons. The van der Waals surface area contributed by atoms with Crippen LogP contribution in [-0.2, 0) is 5.41 Å². The lowest BCUT2D eigenvalue weighted by Crippen LogP contribution is -2.14. The van der Waals surface area contributed by atoms with Gasteiger partial charge in [-0.1, -0.05) is 123 Å². The van der Waals surface area contributed by atoms with Gasteiger partial charge in [-0.2, -0.15) is 0 Å². The highest BCUT2D eigenvalue weighted by atomic mass is 14.7. The minimum absolute atomic E-state index is 0.0487. The van der Waals surface area contributed by atoms with E-state index in [9.17, 15) is 0 Å². The van der Waals surface area contributed by atoms with Gasteiger partial charge in [0.05, 0.1) is 11.4 Å². The second-order valence-electron chi connectivity index (χ2n) is 11.2. The van der Waals surface area contributed by atoms with Crippen molar-refractivity contribution in [3.8, 4) is 33.6 Å². The SMILES string of the molecule is CC1(C)c2ccccc2-c2nc(-c3cc4c5ccccc5c(-c5ccccc5)cc4c4ccccc34)ccc21. The predicted molar refractivity (Wildman–Crippen MR) is 165 cm³/mol. The van der Waals surface area contributed by atoms with Crippen molar-refractivity contribution in [3.05, 3.63) is 139 Å². The van der Waals surface area contributed by atoms with Crippen molar-refractivity contribution in [2.75, 3.05) is 0 Å². The third-order valence-electron chi connectivity index (χ3n) is 8.67. The molecule has 1 aliphatic carbocycles. The zero-order valence-electron chi connectivity index (χ0n) is 22.1. The molecule has 39 heavy (non-hydrogen) atoms. The molecule has 1 nitrogen and oxygen atoms in total. The van der Waals surface area contributed by atoms with Crippen LogP contribution < -0.4 is 0 Å². The van der Waals surface area contributed by atoms with Crippen LogP contribution in [0.4, 0.5) is 0 Å². The molecule has 1 aromatic heterocycles. The molecular weight excluding hydrogens is 470 g/mol. The van der Waals surface area contributed by atoms with E-state index in [-0.39, 0.29) is 5.41 Å². The van der Waals surface area contributed by atoms with Crippen LogP contribution in [-0.4, -0.2) is 4.98 Å². The molecule has 0 N–H and O–H groups in total. The fraction of sp³-hybridized carbons (Fsp3) is 0.0789. The van der Waals surface area contributed by atoms with Crippen LogP contribution in [0.3, 0.4) is 0 Å². The number of aromatic nitrogens is 1. The summed E-state index contributed by atoms with van der Waals surface area (Å²) in [5.41, 5.74) is 9.69. The second kappa shape index (κ2) is 8.12. The van der Waals surface area contributed by atoms with Gasteiger partial charge >= 0.3 is 0 Å². The average Bonchev–Trinajstić information content (AvgIpc) is 3.22. The third kappa shape index (κ3) is 3.17. The Morgan fingerprint density at radius 2 is 1.00 bits per heavy atom. The molecule has 0 bridgehead atoms. The number of hydrogen-bond donors (Lipinski definition) is 0.